The van der Waals surface area contributed by atoms with Crippen LogP contribution in [-0.4, -0.2) is 22.4 Å². The van der Waals surface area contributed by atoms with Crippen molar-refractivity contribution in [2.24, 2.45) is 11.8 Å². The van der Waals surface area contributed by atoms with Gasteiger partial charge in [-0.15, -0.1) is 0 Å². The standard InChI is InChI=1S/C16H31N3/c1-7-14-10-15(19(9-3)18-14)11-16(17-8-2)13(6)12(4)5/h10,12-13,16-17H,7-9,11H2,1-6H3. The van der Waals surface area contributed by atoms with E-state index in [1.807, 2.05) is 0 Å². The predicted octanol–water partition coefficient (Wildman–Crippen LogP) is 3.28. The molecule has 1 heterocycles. The maximum Gasteiger partial charge on any atom is 0.0624 e. The van der Waals surface area contributed by atoms with E-state index in [0.29, 0.717) is 17.9 Å². The second kappa shape index (κ2) is 7.68. The third-order valence-corrected chi connectivity index (χ3v) is 4.16. The van der Waals surface area contributed by atoms with Gasteiger partial charge in [0, 0.05) is 24.7 Å². The molecule has 1 aromatic rings. The average Bonchev–Trinajstić information content (AvgIpc) is 2.79. The minimum absolute atomic E-state index is 0.539. The summed E-state index contributed by atoms with van der Waals surface area (Å²) in [4.78, 5) is 0. The maximum atomic E-state index is 4.65. The van der Waals surface area contributed by atoms with Gasteiger partial charge in [-0.1, -0.05) is 34.6 Å². The zero-order chi connectivity index (χ0) is 14.4. The Balaban J connectivity index is 2.86. The molecule has 0 aliphatic heterocycles. The topological polar surface area (TPSA) is 29.9 Å². The summed E-state index contributed by atoms with van der Waals surface area (Å²) in [6.45, 7) is 15.5. The lowest BCUT2D eigenvalue weighted by atomic mass is 9.87. The number of likely N-dealkylation sites (N-methyl/N-ethyl adjacent to an activating group) is 1. The summed E-state index contributed by atoms with van der Waals surface area (Å²) in [6, 6.07) is 2.82. The Labute approximate surface area is 118 Å². The van der Waals surface area contributed by atoms with Crippen LogP contribution in [0.25, 0.3) is 0 Å². The number of nitrogens with zero attached hydrogens (tertiary/aromatic N) is 2. The first-order valence-corrected chi connectivity index (χ1v) is 7.82. The van der Waals surface area contributed by atoms with Crippen molar-refractivity contribution in [2.45, 2.75) is 67.0 Å². The van der Waals surface area contributed by atoms with Crippen molar-refractivity contribution >= 4 is 0 Å². The van der Waals surface area contributed by atoms with Gasteiger partial charge >= 0.3 is 0 Å². The van der Waals surface area contributed by atoms with Crippen molar-refractivity contribution in [2.75, 3.05) is 6.54 Å². The summed E-state index contributed by atoms with van der Waals surface area (Å²) in [5, 5.41) is 8.30. The lowest BCUT2D eigenvalue weighted by Crippen LogP contribution is -2.39. The largest absolute Gasteiger partial charge is 0.314 e. The fraction of sp³-hybridized carbons (Fsp3) is 0.812. The highest BCUT2D eigenvalue weighted by molar-refractivity contribution is 5.12. The molecule has 0 bridgehead atoms. The Bertz CT molecular complexity index is 368. The van der Waals surface area contributed by atoms with Crippen LogP contribution in [0, 0.1) is 11.8 Å². The van der Waals surface area contributed by atoms with Gasteiger partial charge in [-0.3, -0.25) is 4.68 Å². The molecule has 3 nitrogen and oxygen atoms in total. The smallest absolute Gasteiger partial charge is 0.0624 e. The minimum Gasteiger partial charge on any atom is -0.314 e. The molecule has 1 rings (SSSR count). The first-order valence-electron chi connectivity index (χ1n) is 7.82. The molecule has 19 heavy (non-hydrogen) atoms. The highest BCUT2D eigenvalue weighted by Crippen LogP contribution is 2.19. The van der Waals surface area contributed by atoms with Crippen molar-refractivity contribution in [3.05, 3.63) is 17.5 Å². The summed E-state index contributed by atoms with van der Waals surface area (Å²) >= 11 is 0. The highest BCUT2D eigenvalue weighted by Gasteiger charge is 2.21. The second-order valence-corrected chi connectivity index (χ2v) is 5.77. The van der Waals surface area contributed by atoms with Crippen LogP contribution in [0.2, 0.25) is 0 Å². The summed E-state index contributed by atoms with van der Waals surface area (Å²) in [5.74, 6) is 1.37. The third-order valence-electron chi connectivity index (χ3n) is 4.16. The molecule has 0 fully saturated rings. The van der Waals surface area contributed by atoms with Gasteiger partial charge in [0.2, 0.25) is 0 Å². The average molecular weight is 265 g/mol. The fourth-order valence-electron chi connectivity index (χ4n) is 2.52. The lowest BCUT2D eigenvalue weighted by Gasteiger charge is -2.28. The van der Waals surface area contributed by atoms with Crippen molar-refractivity contribution in [3.8, 4) is 0 Å². The van der Waals surface area contributed by atoms with Crippen LogP contribution in [-0.2, 0) is 19.4 Å². The van der Waals surface area contributed by atoms with E-state index in [9.17, 15) is 0 Å². The molecule has 0 aliphatic rings. The van der Waals surface area contributed by atoms with Crippen molar-refractivity contribution in [1.29, 1.82) is 0 Å². The van der Waals surface area contributed by atoms with E-state index >= 15 is 0 Å². The molecule has 0 amide bonds. The number of aromatic nitrogens is 2. The van der Waals surface area contributed by atoms with Crippen LogP contribution >= 0.6 is 0 Å². The molecular formula is C16H31N3. The van der Waals surface area contributed by atoms with Crippen LogP contribution in [0.15, 0.2) is 6.07 Å². The van der Waals surface area contributed by atoms with E-state index in [1.165, 1.54) is 11.4 Å². The Morgan fingerprint density at radius 1 is 1.21 bits per heavy atom. The Hall–Kier alpha value is -0.830. The van der Waals surface area contributed by atoms with E-state index in [4.69, 9.17) is 0 Å². The minimum atomic E-state index is 0.539. The van der Waals surface area contributed by atoms with E-state index in [-0.39, 0.29) is 0 Å². The molecule has 0 radical (unpaired) electrons. The number of hydrogen-bond acceptors (Lipinski definition) is 2. The van der Waals surface area contributed by atoms with Gasteiger partial charge in [0.1, 0.15) is 0 Å². The van der Waals surface area contributed by atoms with E-state index in [2.05, 4.69) is 62.7 Å². The van der Waals surface area contributed by atoms with Gasteiger partial charge < -0.3 is 5.32 Å². The van der Waals surface area contributed by atoms with E-state index in [0.717, 1.165) is 25.9 Å². The van der Waals surface area contributed by atoms with Gasteiger partial charge in [-0.25, -0.2) is 0 Å². The number of rotatable bonds is 8. The predicted molar refractivity (Wildman–Crippen MR) is 82.4 cm³/mol. The molecule has 2 atom stereocenters. The zero-order valence-corrected chi connectivity index (χ0v) is 13.5. The van der Waals surface area contributed by atoms with Gasteiger partial charge in [-0.05, 0) is 37.8 Å². The SMILES string of the molecule is CCNC(Cc1cc(CC)nn1CC)C(C)C(C)C. The Morgan fingerprint density at radius 2 is 1.89 bits per heavy atom. The fourth-order valence-corrected chi connectivity index (χ4v) is 2.52. The summed E-state index contributed by atoms with van der Waals surface area (Å²) in [6.07, 6.45) is 2.10. The molecule has 110 valence electrons. The Morgan fingerprint density at radius 3 is 2.37 bits per heavy atom. The number of nitrogens with one attached hydrogen (secondary N) is 1. The van der Waals surface area contributed by atoms with Crippen LogP contribution < -0.4 is 5.32 Å². The number of aryl methyl sites for hydroxylation is 2. The lowest BCUT2D eigenvalue weighted by molar-refractivity contribution is 0.296. The molecular weight excluding hydrogens is 234 g/mol. The number of hydrogen-bond donors (Lipinski definition) is 1. The van der Waals surface area contributed by atoms with Gasteiger partial charge in [0.25, 0.3) is 0 Å². The molecule has 1 aromatic heterocycles. The highest BCUT2D eigenvalue weighted by atomic mass is 15.3. The molecule has 0 saturated carbocycles. The summed E-state index contributed by atoms with van der Waals surface area (Å²) in [7, 11) is 0. The van der Waals surface area contributed by atoms with Crippen LogP contribution in [0.3, 0.4) is 0 Å². The second-order valence-electron chi connectivity index (χ2n) is 5.77. The van der Waals surface area contributed by atoms with Crippen molar-refractivity contribution < 1.29 is 0 Å². The molecule has 0 saturated heterocycles. The van der Waals surface area contributed by atoms with Gasteiger partial charge in [0.05, 0.1) is 5.69 Å². The molecule has 0 spiro atoms. The molecule has 1 N–H and O–H groups in total. The molecule has 0 aliphatic carbocycles. The van der Waals surface area contributed by atoms with E-state index < -0.39 is 0 Å². The first kappa shape index (κ1) is 16.2. The molecule has 3 heteroatoms. The van der Waals surface area contributed by atoms with Gasteiger partial charge in [0.15, 0.2) is 0 Å². The maximum absolute atomic E-state index is 4.65. The zero-order valence-electron chi connectivity index (χ0n) is 13.5. The quantitative estimate of drug-likeness (QED) is 0.782. The third kappa shape index (κ3) is 4.34. The monoisotopic (exact) mass is 265 g/mol. The summed E-state index contributed by atoms with van der Waals surface area (Å²) in [5.41, 5.74) is 2.59. The first-order chi connectivity index (χ1) is 9.03. The van der Waals surface area contributed by atoms with Crippen LogP contribution in [0.1, 0.15) is 52.9 Å². The molecule has 2 unspecified atom stereocenters. The van der Waals surface area contributed by atoms with Crippen LogP contribution in [0.4, 0.5) is 0 Å². The summed E-state index contributed by atoms with van der Waals surface area (Å²) < 4.78 is 2.16. The normalized spacial score (nSPS) is 14.9. The van der Waals surface area contributed by atoms with Gasteiger partial charge in [-0.2, -0.15) is 5.10 Å². The van der Waals surface area contributed by atoms with Crippen molar-refractivity contribution in [3.63, 3.8) is 0 Å². The molecule has 0 aromatic carbocycles. The van der Waals surface area contributed by atoms with E-state index in [1.54, 1.807) is 0 Å². The Kier molecular flexibility index (Phi) is 6.56. The van der Waals surface area contributed by atoms with Crippen LogP contribution in [0.5, 0.6) is 0 Å². The van der Waals surface area contributed by atoms with Crippen molar-refractivity contribution in [1.82, 2.24) is 15.1 Å².